The van der Waals surface area contributed by atoms with Crippen LogP contribution in [0.3, 0.4) is 0 Å². The Hall–Kier alpha value is -0.0800. The predicted octanol–water partition coefficient (Wildman–Crippen LogP) is 0.0136. The van der Waals surface area contributed by atoms with E-state index in [1.54, 1.807) is 0 Å². The number of nitrogens with one attached hydrogen (secondary N) is 1. The molecule has 0 saturated carbocycles. The van der Waals surface area contributed by atoms with E-state index < -0.39 is 0 Å². The molecule has 0 aromatic rings. The SMILES string of the molecule is C[N+]1(C)CCCNC1. The van der Waals surface area contributed by atoms with Gasteiger partial charge in [0.15, 0.2) is 0 Å². The Morgan fingerprint density at radius 1 is 1.38 bits per heavy atom. The average molecular weight is 115 g/mol. The van der Waals surface area contributed by atoms with E-state index in [1.807, 2.05) is 0 Å². The van der Waals surface area contributed by atoms with E-state index in [-0.39, 0.29) is 0 Å². The zero-order valence-corrected chi connectivity index (χ0v) is 5.78. The van der Waals surface area contributed by atoms with Gasteiger partial charge in [-0.2, -0.15) is 0 Å². The first-order valence-electron chi connectivity index (χ1n) is 3.23. The number of rotatable bonds is 0. The standard InChI is InChI=1S/C6H15N2/c1-8(2)5-3-4-7-6-8/h7H,3-6H2,1-2H3/q+1. The van der Waals surface area contributed by atoms with Gasteiger partial charge in [0.2, 0.25) is 0 Å². The van der Waals surface area contributed by atoms with Crippen LogP contribution in [0.5, 0.6) is 0 Å². The molecule has 1 fully saturated rings. The molecule has 0 aromatic carbocycles. The molecule has 2 nitrogen and oxygen atoms in total. The maximum absolute atomic E-state index is 3.35. The predicted molar refractivity (Wildman–Crippen MR) is 34.5 cm³/mol. The van der Waals surface area contributed by atoms with Crippen molar-refractivity contribution >= 4 is 0 Å². The minimum absolute atomic E-state index is 1.14. The molecule has 0 amide bonds. The van der Waals surface area contributed by atoms with Crippen LogP contribution in [0.1, 0.15) is 6.42 Å². The Morgan fingerprint density at radius 2 is 2.12 bits per heavy atom. The highest BCUT2D eigenvalue weighted by atomic mass is 15.4. The lowest BCUT2D eigenvalue weighted by molar-refractivity contribution is -0.897. The van der Waals surface area contributed by atoms with Gasteiger partial charge in [0.1, 0.15) is 6.67 Å². The van der Waals surface area contributed by atoms with Crippen LogP contribution >= 0.6 is 0 Å². The maximum atomic E-state index is 3.35. The number of quaternary nitrogens is 1. The molecule has 2 heteroatoms. The van der Waals surface area contributed by atoms with Gasteiger partial charge in [0.05, 0.1) is 20.6 Å². The first-order chi connectivity index (χ1) is 3.71. The van der Waals surface area contributed by atoms with E-state index in [9.17, 15) is 0 Å². The first-order valence-corrected chi connectivity index (χ1v) is 3.23. The first kappa shape index (κ1) is 6.05. The molecule has 1 saturated heterocycles. The minimum atomic E-state index is 1.14. The topological polar surface area (TPSA) is 12.0 Å². The van der Waals surface area contributed by atoms with Gasteiger partial charge in [-0.05, 0) is 0 Å². The van der Waals surface area contributed by atoms with Crippen LogP contribution in [0.4, 0.5) is 0 Å². The van der Waals surface area contributed by atoms with Crippen molar-refractivity contribution in [2.24, 2.45) is 0 Å². The van der Waals surface area contributed by atoms with Gasteiger partial charge < -0.3 is 4.48 Å². The van der Waals surface area contributed by atoms with Crippen molar-refractivity contribution in [3.63, 3.8) is 0 Å². The fraction of sp³-hybridized carbons (Fsp3) is 1.00. The van der Waals surface area contributed by atoms with Gasteiger partial charge in [0.25, 0.3) is 0 Å². The Morgan fingerprint density at radius 3 is 2.38 bits per heavy atom. The molecule has 0 atom stereocenters. The number of hydrogen-bond acceptors (Lipinski definition) is 1. The lowest BCUT2D eigenvalue weighted by Gasteiger charge is -2.33. The highest BCUT2D eigenvalue weighted by Crippen LogP contribution is 2.00. The van der Waals surface area contributed by atoms with Crippen molar-refractivity contribution in [1.29, 1.82) is 0 Å². The van der Waals surface area contributed by atoms with E-state index in [4.69, 9.17) is 0 Å². The van der Waals surface area contributed by atoms with E-state index in [2.05, 4.69) is 19.4 Å². The third-order valence-electron chi connectivity index (χ3n) is 1.66. The molecule has 0 aliphatic carbocycles. The molecule has 1 rings (SSSR count). The highest BCUT2D eigenvalue weighted by Gasteiger charge is 2.16. The summed E-state index contributed by atoms with van der Waals surface area (Å²) in [6.45, 7) is 3.68. The van der Waals surface area contributed by atoms with Gasteiger partial charge in [-0.15, -0.1) is 0 Å². The second-order valence-corrected chi connectivity index (χ2v) is 3.17. The average Bonchev–Trinajstić information content (AvgIpc) is 1.65. The van der Waals surface area contributed by atoms with Crippen LogP contribution in [0, 0.1) is 0 Å². The van der Waals surface area contributed by atoms with Gasteiger partial charge in [-0.25, -0.2) is 0 Å². The molecule has 1 aliphatic rings. The molecule has 0 radical (unpaired) electrons. The van der Waals surface area contributed by atoms with Crippen molar-refractivity contribution in [2.45, 2.75) is 6.42 Å². The fourth-order valence-corrected chi connectivity index (χ4v) is 1.09. The summed E-state index contributed by atoms with van der Waals surface area (Å²) in [6, 6.07) is 0. The van der Waals surface area contributed by atoms with E-state index >= 15 is 0 Å². The summed E-state index contributed by atoms with van der Waals surface area (Å²) in [6.07, 6.45) is 1.33. The summed E-state index contributed by atoms with van der Waals surface area (Å²) in [5, 5.41) is 3.35. The van der Waals surface area contributed by atoms with Crippen molar-refractivity contribution in [2.75, 3.05) is 33.9 Å². The number of nitrogens with zero attached hydrogens (tertiary/aromatic N) is 1. The zero-order valence-electron chi connectivity index (χ0n) is 5.78. The zero-order chi connectivity index (χ0) is 6.04. The quantitative estimate of drug-likeness (QED) is 0.439. The Balaban J connectivity index is 2.33. The molecule has 0 spiro atoms. The molecular formula is C6H15N2+. The van der Waals surface area contributed by atoms with Gasteiger partial charge in [0, 0.05) is 13.0 Å². The van der Waals surface area contributed by atoms with Crippen LogP contribution in [-0.2, 0) is 0 Å². The van der Waals surface area contributed by atoms with Crippen LogP contribution < -0.4 is 5.32 Å². The van der Waals surface area contributed by atoms with Crippen molar-refractivity contribution in [3.8, 4) is 0 Å². The summed E-state index contributed by atoms with van der Waals surface area (Å²) in [5.74, 6) is 0. The molecule has 1 N–H and O–H groups in total. The lowest BCUT2D eigenvalue weighted by Crippen LogP contribution is -2.52. The van der Waals surface area contributed by atoms with Crippen LogP contribution in [-0.4, -0.2) is 38.3 Å². The summed E-state index contributed by atoms with van der Waals surface area (Å²) in [7, 11) is 4.51. The summed E-state index contributed by atoms with van der Waals surface area (Å²) >= 11 is 0. The molecule has 48 valence electrons. The van der Waals surface area contributed by atoms with Gasteiger partial charge in [-0.3, -0.25) is 5.32 Å². The molecule has 0 bridgehead atoms. The molecule has 8 heavy (non-hydrogen) atoms. The molecule has 1 aliphatic heterocycles. The number of hydrogen-bond donors (Lipinski definition) is 1. The van der Waals surface area contributed by atoms with Crippen LogP contribution in [0.2, 0.25) is 0 Å². The highest BCUT2D eigenvalue weighted by molar-refractivity contribution is 4.47. The molecular weight excluding hydrogens is 100 g/mol. The Labute approximate surface area is 51.1 Å². The molecule has 0 aromatic heterocycles. The second-order valence-electron chi connectivity index (χ2n) is 3.17. The third-order valence-corrected chi connectivity index (χ3v) is 1.66. The normalized spacial score (nSPS) is 27.8. The van der Waals surface area contributed by atoms with Crippen LogP contribution in [0.25, 0.3) is 0 Å². The monoisotopic (exact) mass is 115 g/mol. The lowest BCUT2D eigenvalue weighted by atomic mass is 10.3. The summed E-state index contributed by atoms with van der Waals surface area (Å²) in [5.41, 5.74) is 0. The van der Waals surface area contributed by atoms with E-state index in [0.717, 1.165) is 11.2 Å². The van der Waals surface area contributed by atoms with E-state index in [1.165, 1.54) is 19.5 Å². The smallest absolute Gasteiger partial charge is 0.132 e. The van der Waals surface area contributed by atoms with Gasteiger partial charge in [-0.1, -0.05) is 0 Å². The fourth-order valence-electron chi connectivity index (χ4n) is 1.09. The van der Waals surface area contributed by atoms with Crippen LogP contribution in [0.15, 0.2) is 0 Å². The van der Waals surface area contributed by atoms with E-state index in [0.29, 0.717) is 0 Å². The molecule has 0 unspecified atom stereocenters. The second kappa shape index (κ2) is 2.03. The molecule has 1 heterocycles. The summed E-state index contributed by atoms with van der Waals surface area (Å²) in [4.78, 5) is 0. The summed E-state index contributed by atoms with van der Waals surface area (Å²) < 4.78 is 1.14. The Bertz CT molecular complexity index is 70.6. The maximum Gasteiger partial charge on any atom is 0.132 e. The Kier molecular flexibility index (Phi) is 1.54. The van der Waals surface area contributed by atoms with Crippen molar-refractivity contribution in [1.82, 2.24) is 5.32 Å². The largest absolute Gasteiger partial charge is 0.316 e. The minimum Gasteiger partial charge on any atom is -0.316 e. The van der Waals surface area contributed by atoms with Crippen molar-refractivity contribution in [3.05, 3.63) is 0 Å². The van der Waals surface area contributed by atoms with Crippen molar-refractivity contribution < 1.29 is 4.48 Å². The third kappa shape index (κ3) is 1.46. The van der Waals surface area contributed by atoms with Gasteiger partial charge >= 0.3 is 0 Å².